The normalized spacial score (nSPS) is 20.2. The van der Waals surface area contributed by atoms with Crippen molar-refractivity contribution in [3.63, 3.8) is 0 Å². The predicted molar refractivity (Wildman–Crippen MR) is 83.3 cm³/mol. The Kier molecular flexibility index (Phi) is 4.43. The first kappa shape index (κ1) is 15.4. The van der Waals surface area contributed by atoms with Crippen LogP contribution >= 0.6 is 12.2 Å². The van der Waals surface area contributed by atoms with Crippen molar-refractivity contribution in [2.45, 2.75) is 24.3 Å². The fraction of sp³-hybridized carbons (Fsp3) is 0.462. The van der Waals surface area contributed by atoms with E-state index in [9.17, 15) is 8.42 Å². The maximum absolute atomic E-state index is 12.4. The lowest BCUT2D eigenvalue weighted by Gasteiger charge is -2.15. The van der Waals surface area contributed by atoms with Crippen LogP contribution in [0.25, 0.3) is 0 Å². The van der Waals surface area contributed by atoms with Gasteiger partial charge in [0.25, 0.3) is 0 Å². The first-order valence-corrected chi connectivity index (χ1v) is 8.30. The Morgan fingerprint density at radius 1 is 1.50 bits per heavy atom. The number of thiocarbonyl (C=S) groups is 1. The van der Waals surface area contributed by atoms with E-state index in [0.29, 0.717) is 11.1 Å². The third-order valence-corrected chi connectivity index (χ3v) is 5.38. The lowest BCUT2D eigenvalue weighted by atomic mass is 10.1. The highest BCUT2D eigenvalue weighted by atomic mass is 32.2. The van der Waals surface area contributed by atoms with E-state index in [-0.39, 0.29) is 15.9 Å². The van der Waals surface area contributed by atoms with Crippen LogP contribution in [0.4, 0.5) is 0 Å². The van der Waals surface area contributed by atoms with E-state index in [0.717, 1.165) is 19.5 Å². The summed E-state index contributed by atoms with van der Waals surface area (Å²) in [6.45, 7) is 3.40. The number of nitrogens with zero attached hydrogens (tertiary/aromatic N) is 1. The van der Waals surface area contributed by atoms with Crippen molar-refractivity contribution >= 4 is 27.2 Å². The molecule has 3 N–H and O–H groups in total. The second-order valence-electron chi connectivity index (χ2n) is 5.21. The van der Waals surface area contributed by atoms with E-state index in [1.807, 2.05) is 7.05 Å². The fourth-order valence-electron chi connectivity index (χ4n) is 2.42. The van der Waals surface area contributed by atoms with Gasteiger partial charge in [-0.1, -0.05) is 18.3 Å². The van der Waals surface area contributed by atoms with Gasteiger partial charge in [0, 0.05) is 18.2 Å². The largest absolute Gasteiger partial charge is 0.389 e. The summed E-state index contributed by atoms with van der Waals surface area (Å²) in [5.74, 6) is 0. The molecule has 0 aliphatic carbocycles. The van der Waals surface area contributed by atoms with Crippen molar-refractivity contribution in [1.82, 2.24) is 9.62 Å². The Labute approximate surface area is 125 Å². The van der Waals surface area contributed by atoms with E-state index in [4.69, 9.17) is 18.0 Å². The molecule has 0 saturated carbocycles. The Morgan fingerprint density at radius 3 is 2.70 bits per heavy atom. The molecular formula is C13H19N3O2S2. The molecule has 1 aromatic carbocycles. The summed E-state index contributed by atoms with van der Waals surface area (Å²) in [6.07, 6.45) is 0.833. The topological polar surface area (TPSA) is 75.4 Å². The number of likely N-dealkylation sites (tertiary alicyclic amines) is 1. The monoisotopic (exact) mass is 313 g/mol. The average Bonchev–Trinajstić information content (AvgIpc) is 2.73. The molecule has 0 aromatic heterocycles. The minimum Gasteiger partial charge on any atom is -0.389 e. The van der Waals surface area contributed by atoms with E-state index in [1.165, 1.54) is 0 Å². The Balaban J connectivity index is 2.23. The van der Waals surface area contributed by atoms with E-state index in [2.05, 4.69) is 9.62 Å². The molecule has 1 saturated heterocycles. The summed E-state index contributed by atoms with van der Waals surface area (Å²) in [7, 11) is -1.52. The van der Waals surface area contributed by atoms with Crippen molar-refractivity contribution in [2.24, 2.45) is 5.73 Å². The van der Waals surface area contributed by atoms with Crippen molar-refractivity contribution < 1.29 is 8.42 Å². The molecule has 1 aromatic rings. The van der Waals surface area contributed by atoms with Gasteiger partial charge >= 0.3 is 0 Å². The zero-order valence-electron chi connectivity index (χ0n) is 11.6. The van der Waals surface area contributed by atoms with Crippen molar-refractivity contribution in [1.29, 1.82) is 0 Å². The molecule has 1 aliphatic heterocycles. The molecule has 1 fully saturated rings. The van der Waals surface area contributed by atoms with Gasteiger partial charge in [-0.15, -0.1) is 0 Å². The Morgan fingerprint density at radius 2 is 2.20 bits per heavy atom. The van der Waals surface area contributed by atoms with Gasteiger partial charge in [0.2, 0.25) is 10.0 Å². The van der Waals surface area contributed by atoms with Crippen LogP contribution in [0, 0.1) is 6.92 Å². The molecule has 1 heterocycles. The van der Waals surface area contributed by atoms with Gasteiger partial charge in [0.15, 0.2) is 0 Å². The van der Waals surface area contributed by atoms with Crippen molar-refractivity contribution in [2.75, 3.05) is 20.1 Å². The van der Waals surface area contributed by atoms with Gasteiger partial charge in [0.05, 0.1) is 4.90 Å². The maximum atomic E-state index is 12.4. The van der Waals surface area contributed by atoms with Gasteiger partial charge in [-0.25, -0.2) is 13.1 Å². The van der Waals surface area contributed by atoms with Crippen LogP contribution in [0.3, 0.4) is 0 Å². The van der Waals surface area contributed by atoms with Gasteiger partial charge in [-0.3, -0.25) is 0 Å². The number of nitrogens with one attached hydrogen (secondary N) is 1. The number of sulfonamides is 1. The molecule has 0 amide bonds. The zero-order chi connectivity index (χ0) is 14.9. The van der Waals surface area contributed by atoms with Crippen molar-refractivity contribution in [3.8, 4) is 0 Å². The fourth-order valence-corrected chi connectivity index (χ4v) is 4.03. The molecule has 1 atom stereocenters. The third kappa shape index (κ3) is 3.35. The van der Waals surface area contributed by atoms with Crippen LogP contribution in [-0.2, 0) is 10.0 Å². The van der Waals surface area contributed by atoms with Gasteiger partial charge < -0.3 is 10.6 Å². The number of likely N-dealkylation sites (N-methyl/N-ethyl adjacent to an activating group) is 1. The first-order chi connectivity index (χ1) is 9.29. The minimum absolute atomic E-state index is 0.0281. The second-order valence-corrected chi connectivity index (χ2v) is 7.34. The number of hydrogen-bond acceptors (Lipinski definition) is 4. The molecule has 5 nitrogen and oxygen atoms in total. The van der Waals surface area contributed by atoms with Crippen LogP contribution < -0.4 is 10.5 Å². The second kappa shape index (κ2) is 5.77. The summed E-state index contributed by atoms with van der Waals surface area (Å²) in [5, 5.41) is 0. The third-order valence-electron chi connectivity index (χ3n) is 3.46. The number of rotatable bonds is 4. The Bertz CT molecular complexity index is 629. The predicted octanol–water partition coefficient (Wildman–Crippen LogP) is 0.612. The average molecular weight is 313 g/mol. The molecule has 1 unspecified atom stereocenters. The Hall–Kier alpha value is -1.02. The summed E-state index contributed by atoms with van der Waals surface area (Å²) < 4.78 is 27.6. The van der Waals surface area contributed by atoms with Gasteiger partial charge in [0.1, 0.15) is 4.99 Å². The first-order valence-electron chi connectivity index (χ1n) is 6.41. The molecule has 20 heavy (non-hydrogen) atoms. The van der Waals surface area contributed by atoms with Gasteiger partial charge in [-0.05, 0) is 44.6 Å². The molecule has 110 valence electrons. The SMILES string of the molecule is Cc1cc(C(N)=S)ccc1S(=O)(=O)NC1CCN(C)C1. The minimum atomic E-state index is -3.50. The van der Waals surface area contributed by atoms with E-state index in [1.54, 1.807) is 25.1 Å². The highest BCUT2D eigenvalue weighted by Crippen LogP contribution is 2.18. The lowest BCUT2D eigenvalue weighted by molar-refractivity contribution is 0.407. The van der Waals surface area contributed by atoms with E-state index < -0.39 is 10.0 Å². The number of nitrogens with two attached hydrogens (primary N) is 1. The summed E-state index contributed by atoms with van der Waals surface area (Å²) in [5.41, 5.74) is 6.88. The van der Waals surface area contributed by atoms with Crippen LogP contribution in [0.15, 0.2) is 23.1 Å². The lowest BCUT2D eigenvalue weighted by Crippen LogP contribution is -2.36. The van der Waals surface area contributed by atoms with Gasteiger partial charge in [-0.2, -0.15) is 0 Å². The van der Waals surface area contributed by atoms with E-state index >= 15 is 0 Å². The summed E-state index contributed by atoms with van der Waals surface area (Å²) >= 11 is 4.89. The van der Waals surface area contributed by atoms with Crippen LogP contribution in [0.1, 0.15) is 17.5 Å². The smallest absolute Gasteiger partial charge is 0.241 e. The molecule has 1 aliphatic rings. The molecule has 0 spiro atoms. The van der Waals surface area contributed by atoms with Crippen LogP contribution in [0.2, 0.25) is 0 Å². The molecule has 0 bridgehead atoms. The number of benzene rings is 1. The standard InChI is InChI=1S/C13H19N3O2S2/c1-9-7-10(13(14)19)3-4-12(9)20(17,18)15-11-5-6-16(2)8-11/h3-4,7,11,15H,5-6,8H2,1-2H3,(H2,14,19). The number of aryl methyl sites for hydroxylation is 1. The maximum Gasteiger partial charge on any atom is 0.241 e. The van der Waals surface area contributed by atoms with Crippen LogP contribution in [-0.4, -0.2) is 44.5 Å². The summed E-state index contributed by atoms with van der Waals surface area (Å²) in [6, 6.07) is 4.88. The molecular weight excluding hydrogens is 294 g/mol. The molecule has 2 rings (SSSR count). The molecule has 7 heteroatoms. The summed E-state index contributed by atoms with van der Waals surface area (Å²) in [4.78, 5) is 2.66. The van der Waals surface area contributed by atoms with Crippen LogP contribution in [0.5, 0.6) is 0 Å². The quantitative estimate of drug-likeness (QED) is 0.797. The van der Waals surface area contributed by atoms with Crippen molar-refractivity contribution in [3.05, 3.63) is 29.3 Å². The highest BCUT2D eigenvalue weighted by Gasteiger charge is 2.26. The highest BCUT2D eigenvalue weighted by molar-refractivity contribution is 7.89. The zero-order valence-corrected chi connectivity index (χ0v) is 13.2. The number of hydrogen-bond donors (Lipinski definition) is 2. The molecule has 0 radical (unpaired) electrons.